The molecular weight excluding hydrogens is 326 g/mol. The Morgan fingerprint density at radius 1 is 1.28 bits per heavy atom. The molecule has 0 aliphatic heterocycles. The van der Waals surface area contributed by atoms with Crippen molar-refractivity contribution in [1.82, 2.24) is 0 Å². The van der Waals surface area contributed by atoms with E-state index < -0.39 is 0 Å². The van der Waals surface area contributed by atoms with E-state index in [1.165, 1.54) is 20.9 Å². The minimum absolute atomic E-state index is 0.336. The van der Waals surface area contributed by atoms with Crippen molar-refractivity contribution in [3.63, 3.8) is 0 Å². The van der Waals surface area contributed by atoms with Crippen LogP contribution in [0.2, 0.25) is 0 Å². The van der Waals surface area contributed by atoms with Crippen LogP contribution in [0.15, 0.2) is 39.0 Å². The van der Waals surface area contributed by atoms with Crippen molar-refractivity contribution in [3.05, 3.63) is 50.1 Å². The standard InChI is InChI=1S/C14H16BrNS2/c1-9-3-4-12(5-10(9)2)18-14(7-16)13-6-11(15)8-17-13/h3-6,8,14H,7,16H2,1-2H3. The lowest BCUT2D eigenvalue weighted by molar-refractivity contribution is 0.959. The Morgan fingerprint density at radius 3 is 2.61 bits per heavy atom. The van der Waals surface area contributed by atoms with Gasteiger partial charge in [0.25, 0.3) is 0 Å². The van der Waals surface area contributed by atoms with Gasteiger partial charge in [-0.1, -0.05) is 6.07 Å². The molecule has 0 saturated carbocycles. The number of hydrogen-bond donors (Lipinski definition) is 1. The van der Waals surface area contributed by atoms with Crippen LogP contribution in [0, 0.1) is 13.8 Å². The average Bonchev–Trinajstić information content (AvgIpc) is 2.77. The lowest BCUT2D eigenvalue weighted by Crippen LogP contribution is -2.07. The van der Waals surface area contributed by atoms with Crippen molar-refractivity contribution in [2.24, 2.45) is 5.73 Å². The summed E-state index contributed by atoms with van der Waals surface area (Å²) >= 11 is 7.10. The molecule has 1 atom stereocenters. The minimum Gasteiger partial charge on any atom is -0.329 e. The highest BCUT2D eigenvalue weighted by atomic mass is 79.9. The third kappa shape index (κ3) is 3.38. The van der Waals surface area contributed by atoms with Crippen LogP contribution >= 0.6 is 39.0 Å². The summed E-state index contributed by atoms with van der Waals surface area (Å²) in [7, 11) is 0. The van der Waals surface area contributed by atoms with Crippen LogP contribution in [-0.4, -0.2) is 6.54 Å². The first-order valence-electron chi connectivity index (χ1n) is 5.78. The summed E-state index contributed by atoms with van der Waals surface area (Å²) in [5, 5.41) is 2.45. The zero-order valence-corrected chi connectivity index (χ0v) is 13.7. The Balaban J connectivity index is 2.17. The molecule has 0 aliphatic carbocycles. The largest absolute Gasteiger partial charge is 0.329 e. The smallest absolute Gasteiger partial charge is 0.0561 e. The number of aryl methyl sites for hydroxylation is 2. The van der Waals surface area contributed by atoms with E-state index in [0.29, 0.717) is 11.8 Å². The predicted octanol–water partition coefficient (Wildman–Crippen LogP) is 4.92. The van der Waals surface area contributed by atoms with Gasteiger partial charge in [0.1, 0.15) is 0 Å². The number of hydrogen-bond acceptors (Lipinski definition) is 3. The zero-order valence-electron chi connectivity index (χ0n) is 10.4. The molecule has 96 valence electrons. The first kappa shape index (κ1) is 14.1. The third-order valence-corrected chi connectivity index (χ3v) is 6.09. The fourth-order valence-corrected chi connectivity index (χ4v) is 4.42. The maximum Gasteiger partial charge on any atom is 0.0561 e. The molecule has 2 rings (SSSR count). The topological polar surface area (TPSA) is 26.0 Å². The van der Waals surface area contributed by atoms with E-state index in [1.54, 1.807) is 11.3 Å². The monoisotopic (exact) mass is 341 g/mol. The molecule has 1 unspecified atom stereocenters. The number of benzene rings is 1. The summed E-state index contributed by atoms with van der Waals surface area (Å²) in [6.07, 6.45) is 0. The second-order valence-corrected chi connectivity index (χ2v) is 7.39. The normalized spacial score (nSPS) is 12.7. The summed E-state index contributed by atoms with van der Waals surface area (Å²) < 4.78 is 1.14. The molecule has 2 N–H and O–H groups in total. The predicted molar refractivity (Wildman–Crippen MR) is 85.6 cm³/mol. The van der Waals surface area contributed by atoms with E-state index in [4.69, 9.17) is 5.73 Å². The van der Waals surface area contributed by atoms with Crippen molar-refractivity contribution in [1.29, 1.82) is 0 Å². The summed E-state index contributed by atoms with van der Waals surface area (Å²) in [6, 6.07) is 8.76. The third-order valence-electron chi connectivity index (χ3n) is 2.88. The molecule has 18 heavy (non-hydrogen) atoms. The summed E-state index contributed by atoms with van der Waals surface area (Å²) in [5.74, 6) is 0. The Morgan fingerprint density at radius 2 is 2.06 bits per heavy atom. The molecule has 1 nitrogen and oxygen atoms in total. The number of thioether (sulfide) groups is 1. The second-order valence-electron chi connectivity index (χ2n) is 4.26. The van der Waals surface area contributed by atoms with E-state index in [-0.39, 0.29) is 0 Å². The maximum absolute atomic E-state index is 5.90. The minimum atomic E-state index is 0.336. The summed E-state index contributed by atoms with van der Waals surface area (Å²) in [4.78, 5) is 2.62. The van der Waals surface area contributed by atoms with E-state index >= 15 is 0 Å². The Hall–Kier alpha value is -0.290. The Bertz CT molecular complexity index is 536. The van der Waals surface area contributed by atoms with Gasteiger partial charge in [0.05, 0.1) is 5.25 Å². The van der Waals surface area contributed by atoms with E-state index in [0.717, 1.165) is 4.47 Å². The van der Waals surface area contributed by atoms with Crippen LogP contribution in [0.25, 0.3) is 0 Å². The van der Waals surface area contributed by atoms with Crippen LogP contribution < -0.4 is 5.73 Å². The van der Waals surface area contributed by atoms with Crippen molar-refractivity contribution < 1.29 is 0 Å². The van der Waals surface area contributed by atoms with Crippen molar-refractivity contribution in [3.8, 4) is 0 Å². The fourth-order valence-electron chi connectivity index (χ4n) is 1.67. The molecule has 0 spiro atoms. The molecule has 0 saturated heterocycles. The van der Waals surface area contributed by atoms with Gasteiger partial charge < -0.3 is 5.73 Å². The molecule has 0 radical (unpaired) electrons. The van der Waals surface area contributed by atoms with Crippen LogP contribution in [-0.2, 0) is 0 Å². The molecule has 0 bridgehead atoms. The molecule has 1 heterocycles. The van der Waals surface area contributed by atoms with Gasteiger partial charge in [-0.15, -0.1) is 23.1 Å². The average molecular weight is 342 g/mol. The van der Waals surface area contributed by atoms with Gasteiger partial charge in [0, 0.05) is 26.2 Å². The Kier molecular flexibility index (Phi) is 4.90. The molecule has 0 aliphatic rings. The lowest BCUT2D eigenvalue weighted by Gasteiger charge is -2.13. The highest BCUT2D eigenvalue weighted by Gasteiger charge is 2.13. The van der Waals surface area contributed by atoms with Crippen LogP contribution in [0.3, 0.4) is 0 Å². The van der Waals surface area contributed by atoms with Gasteiger partial charge in [-0.2, -0.15) is 0 Å². The quantitative estimate of drug-likeness (QED) is 0.798. The van der Waals surface area contributed by atoms with Gasteiger partial charge in [0.2, 0.25) is 0 Å². The maximum atomic E-state index is 5.90. The van der Waals surface area contributed by atoms with E-state index in [9.17, 15) is 0 Å². The molecule has 0 fully saturated rings. The lowest BCUT2D eigenvalue weighted by atomic mass is 10.1. The van der Waals surface area contributed by atoms with Gasteiger partial charge in [-0.05, 0) is 59.1 Å². The molecule has 1 aromatic heterocycles. The van der Waals surface area contributed by atoms with E-state index in [1.807, 2.05) is 11.8 Å². The van der Waals surface area contributed by atoms with Crippen molar-refractivity contribution in [2.75, 3.05) is 6.54 Å². The Labute approximate surface area is 125 Å². The first-order chi connectivity index (χ1) is 8.60. The molecule has 4 heteroatoms. The SMILES string of the molecule is Cc1ccc(SC(CN)c2cc(Br)cs2)cc1C. The number of thiophene rings is 1. The van der Waals surface area contributed by atoms with Crippen molar-refractivity contribution >= 4 is 39.0 Å². The zero-order chi connectivity index (χ0) is 13.1. The molecule has 1 aromatic carbocycles. The highest BCUT2D eigenvalue weighted by molar-refractivity contribution is 9.10. The van der Waals surface area contributed by atoms with Gasteiger partial charge in [-0.25, -0.2) is 0 Å². The number of halogens is 1. The van der Waals surface area contributed by atoms with E-state index in [2.05, 4.69) is 59.4 Å². The number of rotatable bonds is 4. The summed E-state index contributed by atoms with van der Waals surface area (Å²) in [5.41, 5.74) is 8.57. The van der Waals surface area contributed by atoms with Gasteiger partial charge in [-0.3, -0.25) is 0 Å². The number of nitrogens with two attached hydrogens (primary N) is 1. The van der Waals surface area contributed by atoms with Gasteiger partial charge >= 0.3 is 0 Å². The molecule has 0 amide bonds. The fraction of sp³-hybridized carbons (Fsp3) is 0.286. The molecular formula is C14H16BrNS2. The van der Waals surface area contributed by atoms with Crippen LogP contribution in [0.5, 0.6) is 0 Å². The van der Waals surface area contributed by atoms with Crippen LogP contribution in [0.1, 0.15) is 21.3 Å². The van der Waals surface area contributed by atoms with Crippen molar-refractivity contribution in [2.45, 2.75) is 24.0 Å². The second kappa shape index (κ2) is 6.24. The highest BCUT2D eigenvalue weighted by Crippen LogP contribution is 2.38. The van der Waals surface area contributed by atoms with Gasteiger partial charge in [0.15, 0.2) is 0 Å². The summed E-state index contributed by atoms with van der Waals surface area (Å²) in [6.45, 7) is 4.95. The van der Waals surface area contributed by atoms with Crippen LogP contribution in [0.4, 0.5) is 0 Å². The first-order valence-corrected chi connectivity index (χ1v) is 8.33. The molecule has 2 aromatic rings.